The zero-order chi connectivity index (χ0) is 22.9. The standard InChI is InChI=1S/C25H34N4O3/c1-19-15-29(16-20(2)32-19)18-22-11-7-8-12-23(22)27-24(30)13-14-26-25(31)28(3)17-21-9-5-4-6-10-21/h4-12,19-20H,13-18H2,1-3H3,(H,26,31)(H,27,30). The number of amides is 3. The number of urea groups is 1. The highest BCUT2D eigenvalue weighted by Gasteiger charge is 2.23. The number of nitrogens with one attached hydrogen (secondary N) is 2. The third-order valence-corrected chi connectivity index (χ3v) is 5.42. The molecule has 7 heteroatoms. The predicted molar refractivity (Wildman–Crippen MR) is 126 cm³/mol. The van der Waals surface area contributed by atoms with Crippen LogP contribution in [0.2, 0.25) is 0 Å². The summed E-state index contributed by atoms with van der Waals surface area (Å²) < 4.78 is 5.81. The maximum Gasteiger partial charge on any atom is 0.317 e. The molecule has 0 spiro atoms. The summed E-state index contributed by atoms with van der Waals surface area (Å²) in [7, 11) is 1.74. The third-order valence-electron chi connectivity index (χ3n) is 5.42. The summed E-state index contributed by atoms with van der Waals surface area (Å²) in [5, 5.41) is 5.82. The van der Waals surface area contributed by atoms with E-state index in [0.717, 1.165) is 36.4 Å². The van der Waals surface area contributed by atoms with Gasteiger partial charge in [0.2, 0.25) is 5.91 Å². The molecule has 1 fully saturated rings. The third kappa shape index (κ3) is 7.35. The average Bonchev–Trinajstić information content (AvgIpc) is 2.75. The summed E-state index contributed by atoms with van der Waals surface area (Å²) in [6.07, 6.45) is 0.610. The van der Waals surface area contributed by atoms with Crippen molar-refractivity contribution in [2.75, 3.05) is 32.0 Å². The van der Waals surface area contributed by atoms with Crippen LogP contribution in [0.4, 0.5) is 10.5 Å². The van der Waals surface area contributed by atoms with Crippen LogP contribution in [0.15, 0.2) is 54.6 Å². The summed E-state index contributed by atoms with van der Waals surface area (Å²) in [5.74, 6) is -0.118. The fraction of sp³-hybridized carbons (Fsp3) is 0.440. The van der Waals surface area contributed by atoms with E-state index < -0.39 is 0 Å². The van der Waals surface area contributed by atoms with E-state index in [-0.39, 0.29) is 37.1 Å². The number of morpholine rings is 1. The van der Waals surface area contributed by atoms with Crippen LogP contribution >= 0.6 is 0 Å². The highest BCUT2D eigenvalue weighted by atomic mass is 16.5. The minimum atomic E-state index is -0.197. The van der Waals surface area contributed by atoms with Crippen molar-refractivity contribution >= 4 is 17.6 Å². The van der Waals surface area contributed by atoms with Gasteiger partial charge in [-0.1, -0.05) is 48.5 Å². The van der Waals surface area contributed by atoms with E-state index in [4.69, 9.17) is 4.74 Å². The van der Waals surface area contributed by atoms with Gasteiger partial charge in [0.05, 0.1) is 12.2 Å². The zero-order valence-corrected chi connectivity index (χ0v) is 19.2. The minimum Gasteiger partial charge on any atom is -0.373 e. The highest BCUT2D eigenvalue weighted by molar-refractivity contribution is 5.91. The Morgan fingerprint density at radius 1 is 1.03 bits per heavy atom. The summed E-state index contributed by atoms with van der Waals surface area (Å²) >= 11 is 0. The molecule has 2 atom stereocenters. The topological polar surface area (TPSA) is 73.9 Å². The molecule has 1 aliphatic rings. The average molecular weight is 439 g/mol. The van der Waals surface area contributed by atoms with E-state index in [9.17, 15) is 9.59 Å². The molecule has 32 heavy (non-hydrogen) atoms. The molecule has 7 nitrogen and oxygen atoms in total. The van der Waals surface area contributed by atoms with Crippen LogP contribution in [0.5, 0.6) is 0 Å². The molecule has 2 aromatic rings. The predicted octanol–water partition coefficient (Wildman–Crippen LogP) is 3.47. The first-order valence-electron chi connectivity index (χ1n) is 11.2. The number of rotatable bonds is 8. The molecule has 0 radical (unpaired) electrons. The minimum absolute atomic E-state index is 0.118. The first-order valence-corrected chi connectivity index (χ1v) is 11.2. The van der Waals surface area contributed by atoms with Gasteiger partial charge in [0.1, 0.15) is 0 Å². The number of benzene rings is 2. The zero-order valence-electron chi connectivity index (χ0n) is 19.2. The van der Waals surface area contributed by atoms with Crippen LogP contribution in [0.25, 0.3) is 0 Å². The lowest BCUT2D eigenvalue weighted by Gasteiger charge is -2.35. The van der Waals surface area contributed by atoms with Crippen molar-refractivity contribution in [2.45, 2.75) is 45.6 Å². The van der Waals surface area contributed by atoms with Crippen LogP contribution in [-0.4, -0.2) is 60.6 Å². The van der Waals surface area contributed by atoms with Gasteiger partial charge < -0.3 is 20.3 Å². The number of anilines is 1. The van der Waals surface area contributed by atoms with E-state index in [1.807, 2.05) is 54.6 Å². The van der Waals surface area contributed by atoms with E-state index in [1.54, 1.807) is 11.9 Å². The SMILES string of the molecule is CC1CN(Cc2ccccc2NC(=O)CCNC(=O)N(C)Cc2ccccc2)CC(C)O1. The van der Waals surface area contributed by atoms with Gasteiger partial charge in [0.15, 0.2) is 0 Å². The number of hydrogen-bond acceptors (Lipinski definition) is 4. The van der Waals surface area contributed by atoms with Gasteiger partial charge >= 0.3 is 6.03 Å². The maximum atomic E-state index is 12.5. The van der Waals surface area contributed by atoms with Crippen LogP contribution in [0, 0.1) is 0 Å². The fourth-order valence-corrected chi connectivity index (χ4v) is 3.99. The quantitative estimate of drug-likeness (QED) is 0.662. The Hall–Kier alpha value is -2.90. The van der Waals surface area contributed by atoms with Crippen molar-refractivity contribution in [3.8, 4) is 0 Å². The van der Waals surface area contributed by atoms with Crippen LogP contribution in [0.1, 0.15) is 31.4 Å². The van der Waals surface area contributed by atoms with E-state index in [1.165, 1.54) is 0 Å². The maximum absolute atomic E-state index is 12.5. The van der Waals surface area contributed by atoms with Crippen molar-refractivity contribution in [3.63, 3.8) is 0 Å². The highest BCUT2D eigenvalue weighted by Crippen LogP contribution is 2.20. The summed E-state index contributed by atoms with van der Waals surface area (Å²) in [6, 6.07) is 17.5. The van der Waals surface area contributed by atoms with E-state index in [0.29, 0.717) is 6.54 Å². The van der Waals surface area contributed by atoms with Gasteiger partial charge in [-0.25, -0.2) is 4.79 Å². The lowest BCUT2D eigenvalue weighted by atomic mass is 10.1. The summed E-state index contributed by atoms with van der Waals surface area (Å²) in [4.78, 5) is 28.7. The molecule has 3 amide bonds. The number of nitrogens with zero attached hydrogens (tertiary/aromatic N) is 2. The molecule has 2 N–H and O–H groups in total. The smallest absolute Gasteiger partial charge is 0.317 e. The Labute approximate surface area is 190 Å². The van der Waals surface area contributed by atoms with Crippen molar-refractivity contribution in [1.82, 2.24) is 15.1 Å². The van der Waals surface area contributed by atoms with Crippen molar-refractivity contribution in [2.24, 2.45) is 0 Å². The Morgan fingerprint density at radius 2 is 1.69 bits per heavy atom. The molecule has 1 aliphatic heterocycles. The number of carbonyl (C=O) groups is 2. The lowest BCUT2D eigenvalue weighted by Crippen LogP contribution is -2.44. The number of hydrogen-bond donors (Lipinski definition) is 2. The number of ether oxygens (including phenoxy) is 1. The van der Waals surface area contributed by atoms with Gasteiger partial charge in [-0.15, -0.1) is 0 Å². The number of carbonyl (C=O) groups excluding carboxylic acids is 2. The molecule has 0 saturated carbocycles. The first kappa shape index (κ1) is 23.8. The Morgan fingerprint density at radius 3 is 2.41 bits per heavy atom. The van der Waals surface area contributed by atoms with Gasteiger partial charge in [-0.2, -0.15) is 0 Å². The normalized spacial score (nSPS) is 18.7. The second-order valence-electron chi connectivity index (χ2n) is 8.48. The molecular weight excluding hydrogens is 404 g/mol. The lowest BCUT2D eigenvalue weighted by molar-refractivity contribution is -0.116. The van der Waals surface area contributed by atoms with Gasteiger partial charge in [-0.05, 0) is 31.0 Å². The van der Waals surface area contributed by atoms with Crippen LogP contribution in [0.3, 0.4) is 0 Å². The molecule has 172 valence electrons. The van der Waals surface area contributed by atoms with Crippen molar-refractivity contribution < 1.29 is 14.3 Å². The second-order valence-corrected chi connectivity index (χ2v) is 8.48. The molecule has 2 unspecified atom stereocenters. The second kappa shape index (κ2) is 11.6. The summed E-state index contributed by atoms with van der Waals surface area (Å²) in [6.45, 7) is 7.47. The Bertz CT molecular complexity index is 880. The Balaban J connectivity index is 1.45. The molecule has 0 aliphatic carbocycles. The van der Waals surface area contributed by atoms with Crippen LogP contribution < -0.4 is 10.6 Å². The van der Waals surface area contributed by atoms with Crippen molar-refractivity contribution in [1.29, 1.82) is 0 Å². The molecule has 0 bridgehead atoms. The molecule has 2 aromatic carbocycles. The van der Waals surface area contributed by atoms with Gasteiger partial charge in [-0.3, -0.25) is 9.69 Å². The molecule has 1 heterocycles. The van der Waals surface area contributed by atoms with E-state index >= 15 is 0 Å². The Kier molecular flexibility index (Phi) is 8.64. The molecule has 3 rings (SSSR count). The number of para-hydroxylation sites is 1. The summed E-state index contributed by atoms with van der Waals surface area (Å²) in [5.41, 5.74) is 2.95. The molecular formula is C25H34N4O3. The largest absolute Gasteiger partial charge is 0.373 e. The molecule has 1 saturated heterocycles. The van der Waals surface area contributed by atoms with Crippen LogP contribution in [-0.2, 0) is 22.6 Å². The fourth-order valence-electron chi connectivity index (χ4n) is 3.99. The first-order chi connectivity index (χ1) is 15.4. The monoisotopic (exact) mass is 438 g/mol. The van der Waals surface area contributed by atoms with E-state index in [2.05, 4.69) is 29.4 Å². The van der Waals surface area contributed by atoms with Gasteiger partial charge in [0, 0.05) is 51.9 Å². The molecule has 0 aromatic heterocycles. The van der Waals surface area contributed by atoms with Crippen molar-refractivity contribution in [3.05, 3.63) is 65.7 Å². The van der Waals surface area contributed by atoms with Gasteiger partial charge in [0.25, 0.3) is 0 Å².